The van der Waals surface area contributed by atoms with Gasteiger partial charge in [0.25, 0.3) is 0 Å². The zero-order chi connectivity index (χ0) is 19.9. The number of pyridine rings is 1. The van der Waals surface area contributed by atoms with Gasteiger partial charge in [0.2, 0.25) is 0 Å². The van der Waals surface area contributed by atoms with Crippen LogP contribution in [0.1, 0.15) is 5.69 Å². The minimum atomic E-state index is -4.63. The Labute approximate surface area is 171 Å². The summed E-state index contributed by atoms with van der Waals surface area (Å²) in [6.07, 6.45) is -3.13. The van der Waals surface area contributed by atoms with Crippen molar-refractivity contribution in [2.45, 2.75) is 15.4 Å². The number of methoxy groups -OCH3 is 1. The summed E-state index contributed by atoms with van der Waals surface area (Å²) in [5, 5.41) is 1.73. The third-order valence-corrected chi connectivity index (χ3v) is 6.10. The van der Waals surface area contributed by atoms with Crippen molar-refractivity contribution in [3.63, 3.8) is 0 Å². The largest absolute Gasteiger partial charge is 0.497 e. The molecule has 144 valence electrons. The van der Waals surface area contributed by atoms with Gasteiger partial charge in [-0.3, -0.25) is 4.40 Å². The van der Waals surface area contributed by atoms with Crippen LogP contribution >= 0.6 is 34.7 Å². The third-order valence-electron chi connectivity index (χ3n) is 3.86. The van der Waals surface area contributed by atoms with E-state index < -0.39 is 11.9 Å². The molecule has 3 heterocycles. The second-order valence-corrected chi connectivity index (χ2v) is 8.22. The summed E-state index contributed by atoms with van der Waals surface area (Å²) in [5.41, 5.74) is -0.887. The van der Waals surface area contributed by atoms with Crippen molar-refractivity contribution in [1.29, 1.82) is 0 Å². The van der Waals surface area contributed by atoms with E-state index in [1.54, 1.807) is 18.6 Å². The lowest BCUT2D eigenvalue weighted by Crippen LogP contribution is -2.07. The summed E-state index contributed by atoms with van der Waals surface area (Å²) in [7, 11) is 1.58. The molecule has 4 rings (SSSR count). The molecule has 0 atom stereocenters. The van der Waals surface area contributed by atoms with Crippen molar-refractivity contribution < 1.29 is 17.9 Å². The number of imidazole rings is 1. The molecule has 0 fully saturated rings. The zero-order valence-corrected chi connectivity index (χ0v) is 16.6. The number of aromatic nitrogens is 3. The number of nitrogens with zero attached hydrogens (tertiary/aromatic N) is 3. The van der Waals surface area contributed by atoms with E-state index in [-0.39, 0.29) is 22.1 Å². The molecule has 1 aromatic carbocycles. The molecule has 0 aliphatic rings. The Morgan fingerprint density at radius 1 is 1.14 bits per heavy atom. The lowest BCUT2D eigenvalue weighted by atomic mass is 10.2. The number of rotatable bonds is 4. The highest BCUT2D eigenvalue weighted by Gasteiger charge is 2.39. The van der Waals surface area contributed by atoms with E-state index >= 15 is 0 Å². The van der Waals surface area contributed by atoms with E-state index in [9.17, 15) is 13.2 Å². The van der Waals surface area contributed by atoms with Crippen molar-refractivity contribution in [1.82, 2.24) is 14.4 Å². The van der Waals surface area contributed by atoms with E-state index in [4.69, 9.17) is 16.3 Å². The van der Waals surface area contributed by atoms with Crippen molar-refractivity contribution in [2.75, 3.05) is 7.11 Å². The number of fused-ring (bicyclic) bond motifs is 1. The normalized spacial score (nSPS) is 11.9. The SMILES string of the molecule is COc1ccc(Sc2nc(-c3c(C(F)(F)F)nc4c(Cl)cccn34)cs2)cc1. The molecule has 0 saturated carbocycles. The van der Waals surface area contributed by atoms with Gasteiger partial charge in [-0.1, -0.05) is 23.4 Å². The fourth-order valence-electron chi connectivity index (χ4n) is 2.63. The van der Waals surface area contributed by atoms with Crippen LogP contribution in [0.5, 0.6) is 5.75 Å². The predicted octanol–water partition coefficient (Wildman–Crippen LogP) is 6.29. The summed E-state index contributed by atoms with van der Waals surface area (Å²) in [4.78, 5) is 9.01. The monoisotopic (exact) mass is 441 g/mol. The molecule has 0 saturated heterocycles. The van der Waals surface area contributed by atoms with E-state index in [2.05, 4.69) is 9.97 Å². The summed E-state index contributed by atoms with van der Waals surface area (Å²) < 4.78 is 47.8. The second kappa shape index (κ2) is 7.31. The van der Waals surface area contributed by atoms with Crippen molar-refractivity contribution in [2.24, 2.45) is 0 Å². The first-order chi connectivity index (χ1) is 13.4. The molecule has 4 aromatic rings. The molecule has 0 unspecified atom stereocenters. The van der Waals surface area contributed by atoms with Gasteiger partial charge in [-0.05, 0) is 36.4 Å². The Bertz CT molecular complexity index is 1140. The predicted molar refractivity (Wildman–Crippen MR) is 103 cm³/mol. The molecule has 0 radical (unpaired) electrons. The van der Waals surface area contributed by atoms with Crippen LogP contribution in [0.4, 0.5) is 13.2 Å². The van der Waals surface area contributed by atoms with Crippen molar-refractivity contribution >= 4 is 40.3 Å². The second-order valence-electron chi connectivity index (χ2n) is 5.63. The van der Waals surface area contributed by atoms with Crippen LogP contribution in [-0.2, 0) is 6.18 Å². The average Bonchev–Trinajstić information content (AvgIpc) is 3.27. The molecule has 0 amide bonds. The minimum Gasteiger partial charge on any atom is -0.497 e. The number of hydrogen-bond acceptors (Lipinski definition) is 5. The van der Waals surface area contributed by atoms with Gasteiger partial charge < -0.3 is 4.74 Å². The van der Waals surface area contributed by atoms with Crippen LogP contribution in [-0.4, -0.2) is 21.5 Å². The summed E-state index contributed by atoms with van der Waals surface area (Å²) in [6.45, 7) is 0. The zero-order valence-electron chi connectivity index (χ0n) is 14.2. The van der Waals surface area contributed by atoms with Gasteiger partial charge in [0, 0.05) is 16.5 Å². The van der Waals surface area contributed by atoms with Crippen molar-refractivity contribution in [3.8, 4) is 17.1 Å². The van der Waals surface area contributed by atoms with Crippen LogP contribution in [0.3, 0.4) is 0 Å². The molecule has 3 aromatic heterocycles. The Balaban J connectivity index is 1.75. The lowest BCUT2D eigenvalue weighted by molar-refractivity contribution is -0.140. The van der Waals surface area contributed by atoms with Gasteiger partial charge in [0.15, 0.2) is 15.7 Å². The van der Waals surface area contributed by atoms with Gasteiger partial charge in [0.1, 0.15) is 17.1 Å². The highest BCUT2D eigenvalue weighted by atomic mass is 35.5. The Kier molecular flexibility index (Phi) is 4.98. The molecule has 0 spiro atoms. The summed E-state index contributed by atoms with van der Waals surface area (Å²) >= 11 is 8.66. The van der Waals surface area contributed by atoms with Crippen LogP contribution in [0, 0.1) is 0 Å². The molecule has 0 aliphatic heterocycles. The standard InChI is InChI=1S/C18H11ClF3N3OS2/c1-26-10-4-6-11(7-5-10)28-17-23-13(9-27-17)14-15(18(20,21)22)24-16-12(19)3-2-8-25(14)16/h2-9H,1H3. The number of benzene rings is 1. The number of halogens is 4. The number of thiazole rings is 1. The van der Waals surface area contributed by atoms with E-state index in [1.807, 2.05) is 24.3 Å². The lowest BCUT2D eigenvalue weighted by Gasteiger charge is -2.05. The fraction of sp³-hybridized carbons (Fsp3) is 0.111. The number of hydrogen-bond donors (Lipinski definition) is 0. The van der Waals surface area contributed by atoms with Crippen LogP contribution < -0.4 is 4.74 Å². The third kappa shape index (κ3) is 3.57. The number of alkyl halides is 3. The van der Waals surface area contributed by atoms with Gasteiger partial charge in [-0.15, -0.1) is 11.3 Å². The van der Waals surface area contributed by atoms with Gasteiger partial charge in [-0.2, -0.15) is 13.2 Å². The fourth-order valence-corrected chi connectivity index (χ4v) is 4.61. The quantitative estimate of drug-likeness (QED) is 0.373. The van der Waals surface area contributed by atoms with Gasteiger partial charge >= 0.3 is 6.18 Å². The molecule has 10 heteroatoms. The van der Waals surface area contributed by atoms with Crippen molar-refractivity contribution in [3.05, 3.63) is 58.7 Å². The first-order valence-corrected chi connectivity index (χ1v) is 9.96. The smallest absolute Gasteiger partial charge is 0.435 e. The molecule has 28 heavy (non-hydrogen) atoms. The van der Waals surface area contributed by atoms with E-state index in [0.717, 1.165) is 10.6 Å². The summed E-state index contributed by atoms with van der Waals surface area (Å²) in [5.74, 6) is 0.724. The molecular weight excluding hydrogens is 431 g/mol. The maximum Gasteiger partial charge on any atom is 0.435 e. The Hall–Kier alpha value is -2.23. The molecule has 0 bridgehead atoms. The first kappa shape index (κ1) is 19.1. The Morgan fingerprint density at radius 3 is 2.57 bits per heavy atom. The van der Waals surface area contributed by atoms with Gasteiger partial charge in [-0.25, -0.2) is 9.97 Å². The van der Waals surface area contributed by atoms with E-state index in [0.29, 0.717) is 4.34 Å². The molecule has 4 nitrogen and oxygen atoms in total. The van der Waals surface area contributed by atoms with Crippen LogP contribution in [0.25, 0.3) is 17.0 Å². The number of ether oxygens (including phenoxy) is 1. The first-order valence-electron chi connectivity index (χ1n) is 7.88. The molecule has 0 aliphatic carbocycles. The molecule has 0 N–H and O–H groups in total. The average molecular weight is 442 g/mol. The maximum atomic E-state index is 13.6. The van der Waals surface area contributed by atoms with Gasteiger partial charge in [0.05, 0.1) is 12.1 Å². The highest BCUT2D eigenvalue weighted by molar-refractivity contribution is 8.01. The van der Waals surface area contributed by atoms with Crippen LogP contribution in [0.2, 0.25) is 5.02 Å². The Morgan fingerprint density at radius 2 is 1.89 bits per heavy atom. The van der Waals surface area contributed by atoms with E-state index in [1.165, 1.54) is 39.8 Å². The van der Waals surface area contributed by atoms with Crippen LogP contribution in [0.15, 0.2) is 57.2 Å². The topological polar surface area (TPSA) is 39.4 Å². The molecular formula is C18H11ClF3N3OS2. The maximum absolute atomic E-state index is 13.6. The minimum absolute atomic E-state index is 0.0452. The highest BCUT2D eigenvalue weighted by Crippen LogP contribution is 2.40. The summed E-state index contributed by atoms with van der Waals surface area (Å²) in [6, 6.07) is 10.4.